The van der Waals surface area contributed by atoms with Crippen molar-refractivity contribution in [3.05, 3.63) is 100 Å². The van der Waals surface area contributed by atoms with Crippen molar-refractivity contribution in [2.75, 3.05) is 7.11 Å². The van der Waals surface area contributed by atoms with Gasteiger partial charge in [-0.15, -0.1) is 19.8 Å². The average Bonchev–Trinajstić information content (AvgIpc) is 3.56. The maximum absolute atomic E-state index is 11.0. The number of hydrogen-bond donors (Lipinski definition) is 2. The molecule has 2 N–H and O–H groups in total. The molecule has 0 spiro atoms. The lowest BCUT2D eigenvalue weighted by molar-refractivity contribution is 0.414. The van der Waals surface area contributed by atoms with Crippen LogP contribution in [0.2, 0.25) is 0 Å². The Morgan fingerprint density at radius 3 is 1.77 bits per heavy atom. The molecule has 0 bridgehead atoms. The van der Waals surface area contributed by atoms with Crippen LogP contribution in [0, 0.1) is 13.8 Å². The van der Waals surface area contributed by atoms with Crippen LogP contribution in [0.3, 0.4) is 0 Å². The Morgan fingerprint density at radius 2 is 1.31 bits per heavy atom. The summed E-state index contributed by atoms with van der Waals surface area (Å²) in [6.07, 6.45) is 3.18. The maximum Gasteiger partial charge on any atom is 0.173 e. The molecule has 2 heterocycles. The first-order chi connectivity index (χ1) is 18.9. The van der Waals surface area contributed by atoms with E-state index < -0.39 is 5.92 Å². The summed E-state index contributed by atoms with van der Waals surface area (Å²) in [6, 6.07) is 17.7. The molecule has 0 aliphatic heterocycles. The van der Waals surface area contributed by atoms with Crippen LogP contribution in [0.15, 0.2) is 70.9 Å². The number of aromatic nitrogens is 8. The lowest BCUT2D eigenvalue weighted by atomic mass is 9.83. The van der Waals surface area contributed by atoms with E-state index in [4.69, 9.17) is 4.74 Å². The summed E-state index contributed by atoms with van der Waals surface area (Å²) in [7, 11) is 1.58. The molecular weight excluding hydrogens is 500 g/mol. The quantitative estimate of drug-likeness (QED) is 0.230. The van der Waals surface area contributed by atoms with E-state index in [1.807, 2.05) is 24.3 Å². The van der Waals surface area contributed by atoms with Crippen LogP contribution in [0.1, 0.15) is 45.4 Å². The molecule has 13 heteroatoms. The number of phenolic OH excluding ortho intramolecular Hbond substituents is 2. The Hall–Kier alpha value is -5.46. The van der Waals surface area contributed by atoms with Crippen molar-refractivity contribution in [1.29, 1.82) is 0 Å². The second-order valence-corrected chi connectivity index (χ2v) is 8.57. The monoisotopic (exact) mass is 524 g/mol. The zero-order valence-corrected chi connectivity index (χ0v) is 21.3. The highest BCUT2D eigenvalue weighted by Gasteiger charge is 2.24. The molecule has 0 saturated heterocycles. The van der Waals surface area contributed by atoms with Crippen molar-refractivity contribution in [3.63, 3.8) is 0 Å². The normalized spacial score (nSPS) is 12.4. The largest absolute Gasteiger partial charge is 0.508 e. The molecule has 5 rings (SSSR count). The highest BCUT2D eigenvalue weighted by atomic mass is 16.5. The van der Waals surface area contributed by atoms with Gasteiger partial charge in [0, 0.05) is 17.0 Å². The first kappa shape index (κ1) is 25.2. The van der Waals surface area contributed by atoms with Crippen LogP contribution in [0.5, 0.6) is 17.2 Å². The molecule has 0 aliphatic carbocycles. The molecule has 0 unspecified atom stereocenters. The topological polar surface area (TPSA) is 162 Å². The van der Waals surface area contributed by atoms with Crippen molar-refractivity contribution in [1.82, 2.24) is 40.6 Å². The second kappa shape index (κ2) is 10.9. The minimum Gasteiger partial charge on any atom is -0.508 e. The molecule has 0 fully saturated rings. The van der Waals surface area contributed by atoms with Crippen molar-refractivity contribution < 1.29 is 14.9 Å². The van der Waals surface area contributed by atoms with E-state index in [1.165, 1.54) is 9.58 Å². The van der Waals surface area contributed by atoms with Gasteiger partial charge in [0.15, 0.2) is 11.6 Å². The van der Waals surface area contributed by atoms with Gasteiger partial charge in [-0.2, -0.15) is 10.2 Å². The molecule has 39 heavy (non-hydrogen) atoms. The summed E-state index contributed by atoms with van der Waals surface area (Å²) in [4.78, 5) is 2.60. The molecule has 3 aromatic carbocycles. The van der Waals surface area contributed by atoms with Gasteiger partial charge in [-0.05, 0) is 99.9 Å². The van der Waals surface area contributed by atoms with E-state index in [0.29, 0.717) is 39.7 Å². The maximum atomic E-state index is 11.0. The number of hydrogen-bond acceptors (Lipinski definition) is 11. The summed E-state index contributed by atoms with van der Waals surface area (Å²) >= 11 is 0. The zero-order chi connectivity index (χ0) is 27.4. The second-order valence-electron chi connectivity index (χ2n) is 8.57. The van der Waals surface area contributed by atoms with Gasteiger partial charge in [0.25, 0.3) is 0 Å². The van der Waals surface area contributed by atoms with Gasteiger partial charge < -0.3 is 14.9 Å². The van der Waals surface area contributed by atoms with E-state index in [1.54, 1.807) is 69.8 Å². The molecule has 5 aromatic rings. The average molecular weight is 525 g/mol. The Labute approximate surface area is 222 Å². The predicted octanol–water partition coefficient (Wildman–Crippen LogP) is 2.64. The lowest BCUT2D eigenvalue weighted by Crippen LogP contribution is -2.07. The van der Waals surface area contributed by atoms with Crippen molar-refractivity contribution >= 4 is 12.4 Å². The summed E-state index contributed by atoms with van der Waals surface area (Å²) in [5, 5.41) is 53.1. The Kier molecular flexibility index (Phi) is 7.03. The first-order valence-electron chi connectivity index (χ1n) is 11.8. The van der Waals surface area contributed by atoms with Gasteiger partial charge in [-0.3, -0.25) is 0 Å². The number of aryl methyl sites for hydroxylation is 2. The van der Waals surface area contributed by atoms with Gasteiger partial charge in [-0.1, -0.05) is 12.1 Å². The van der Waals surface area contributed by atoms with E-state index in [9.17, 15) is 10.2 Å². The van der Waals surface area contributed by atoms with Crippen LogP contribution in [0.4, 0.5) is 0 Å². The molecule has 0 amide bonds. The smallest absolute Gasteiger partial charge is 0.173 e. The van der Waals surface area contributed by atoms with Gasteiger partial charge in [0.05, 0.1) is 19.5 Å². The SMILES string of the molecule is COc1cccc(C(c2cc(C=Nn3nnnc3C)ccc2O)c2cc(C=Nn3nnnc3C)ccc2O)c1. The Morgan fingerprint density at radius 1 is 0.769 bits per heavy atom. The summed E-state index contributed by atoms with van der Waals surface area (Å²) in [5.74, 6) is 1.20. The fourth-order valence-electron chi connectivity index (χ4n) is 4.03. The summed E-state index contributed by atoms with van der Waals surface area (Å²) < 4.78 is 5.46. The van der Waals surface area contributed by atoms with Crippen molar-refractivity contribution in [2.24, 2.45) is 10.2 Å². The van der Waals surface area contributed by atoms with Gasteiger partial charge in [0.1, 0.15) is 17.2 Å². The van der Waals surface area contributed by atoms with Gasteiger partial charge in [0.2, 0.25) is 0 Å². The molecule has 13 nitrogen and oxygen atoms in total. The number of nitrogens with zero attached hydrogens (tertiary/aromatic N) is 10. The minimum absolute atomic E-state index is 0.0429. The number of tetrazole rings is 2. The Balaban J connectivity index is 1.62. The molecular formula is C26H24N10O3. The van der Waals surface area contributed by atoms with Crippen LogP contribution < -0.4 is 4.74 Å². The number of rotatable bonds is 8. The standard InChI is InChI=1S/C26H24N10O3/c1-16-29-31-33-35(16)27-14-18-7-9-24(37)22(11-18)26(20-5-4-6-21(13-20)39-3)23-12-19(8-10-25(23)38)15-28-36-17(2)30-32-34-36/h4-15,26,37-38H,1-3H3. The lowest BCUT2D eigenvalue weighted by Gasteiger charge is -2.22. The first-order valence-corrected chi connectivity index (χ1v) is 11.8. The number of ether oxygens (including phenoxy) is 1. The van der Waals surface area contributed by atoms with E-state index in [0.717, 1.165) is 5.56 Å². The molecule has 0 atom stereocenters. The summed E-state index contributed by atoms with van der Waals surface area (Å²) in [6.45, 7) is 3.47. The van der Waals surface area contributed by atoms with Crippen LogP contribution in [0.25, 0.3) is 0 Å². The Bertz CT molecular complexity index is 1570. The molecule has 2 aromatic heterocycles. The molecule has 0 radical (unpaired) electrons. The van der Waals surface area contributed by atoms with Crippen LogP contribution in [-0.2, 0) is 0 Å². The van der Waals surface area contributed by atoms with E-state index in [2.05, 4.69) is 41.3 Å². The highest BCUT2D eigenvalue weighted by molar-refractivity contribution is 5.82. The zero-order valence-electron chi connectivity index (χ0n) is 21.3. The third kappa shape index (κ3) is 5.46. The van der Waals surface area contributed by atoms with E-state index in [-0.39, 0.29) is 11.5 Å². The fourth-order valence-corrected chi connectivity index (χ4v) is 4.03. The van der Waals surface area contributed by atoms with Crippen LogP contribution >= 0.6 is 0 Å². The number of benzene rings is 3. The molecule has 0 saturated carbocycles. The van der Waals surface area contributed by atoms with E-state index >= 15 is 0 Å². The third-order valence-electron chi connectivity index (χ3n) is 5.99. The molecule has 196 valence electrons. The highest BCUT2D eigenvalue weighted by Crippen LogP contribution is 2.41. The number of aromatic hydroxyl groups is 2. The predicted molar refractivity (Wildman–Crippen MR) is 141 cm³/mol. The fraction of sp³-hybridized carbons (Fsp3) is 0.154. The summed E-state index contributed by atoms with van der Waals surface area (Å²) in [5.41, 5.74) is 3.26. The van der Waals surface area contributed by atoms with Crippen molar-refractivity contribution in [3.8, 4) is 17.2 Å². The number of phenols is 2. The third-order valence-corrected chi connectivity index (χ3v) is 5.99. The minimum atomic E-state index is -0.577. The van der Waals surface area contributed by atoms with Gasteiger partial charge >= 0.3 is 0 Å². The van der Waals surface area contributed by atoms with Gasteiger partial charge in [-0.25, -0.2) is 0 Å². The van der Waals surface area contributed by atoms with Crippen molar-refractivity contribution in [2.45, 2.75) is 19.8 Å². The van der Waals surface area contributed by atoms with Crippen LogP contribution in [-0.4, -0.2) is 70.4 Å². The number of methoxy groups -OCH3 is 1. The molecule has 0 aliphatic rings.